The molecule has 3 aliphatic rings. The molecule has 0 spiro atoms. The molecule has 6 rings (SSSR count). The maximum atomic E-state index is 14.9. The van der Waals surface area contributed by atoms with Crippen molar-refractivity contribution in [3.05, 3.63) is 114 Å². The standard InChI is InChI=1S/C41H46F3N7O3/c1-4-8-37-35-22-30(44)24-46-39(35)51(33-11-5-9-27(21-33)34-17-12-28(42)23-38(34)54-20-7-18-48(2)3)41(53)50(37)32-15-13-31(14-16-32)47-40(52)36(45)26-49-19-6-10-29(43)25-49/h5-6,8-12,17,21-26,31-32H,4,7,13-16,18-20,45H2,1-3H3,(H,47,52)/b36-26-,37-8?. The van der Waals surface area contributed by atoms with Gasteiger partial charge >= 0.3 is 6.03 Å². The van der Waals surface area contributed by atoms with Gasteiger partial charge in [0.15, 0.2) is 5.82 Å². The number of hydrogen-bond donors (Lipinski definition) is 2. The Labute approximate surface area is 314 Å². The number of carbonyl (C=O) groups excluding carboxylic acids is 2. The first kappa shape index (κ1) is 38.2. The monoisotopic (exact) mass is 741 g/mol. The zero-order valence-electron chi connectivity index (χ0n) is 30.8. The van der Waals surface area contributed by atoms with Crippen molar-refractivity contribution in [1.29, 1.82) is 0 Å². The van der Waals surface area contributed by atoms with Crippen LogP contribution in [0.25, 0.3) is 16.8 Å². The van der Waals surface area contributed by atoms with Crippen molar-refractivity contribution in [2.45, 2.75) is 57.5 Å². The molecule has 1 fully saturated rings. The lowest BCUT2D eigenvalue weighted by Gasteiger charge is -2.44. The fraction of sp³-hybridized carbons (Fsp3) is 0.341. The Kier molecular flexibility index (Phi) is 12.1. The van der Waals surface area contributed by atoms with Gasteiger partial charge in [0, 0.05) is 54.8 Å². The van der Waals surface area contributed by atoms with Crippen LogP contribution in [0, 0.1) is 11.6 Å². The minimum Gasteiger partial charge on any atom is -0.493 e. The highest BCUT2D eigenvalue weighted by molar-refractivity contribution is 6.09. The molecule has 2 aromatic carbocycles. The number of nitrogens with zero attached hydrogens (tertiary/aromatic N) is 5. The zero-order chi connectivity index (χ0) is 38.4. The van der Waals surface area contributed by atoms with E-state index in [0.717, 1.165) is 19.2 Å². The Bertz CT molecular complexity index is 1990. The molecular weight excluding hydrogens is 695 g/mol. The fourth-order valence-corrected chi connectivity index (χ4v) is 7.06. The van der Waals surface area contributed by atoms with Crippen molar-refractivity contribution in [3.63, 3.8) is 0 Å². The van der Waals surface area contributed by atoms with E-state index in [1.165, 1.54) is 46.5 Å². The number of rotatable bonds is 12. The molecule has 3 N–H and O–H groups in total. The van der Waals surface area contributed by atoms with Gasteiger partial charge in [-0.2, -0.15) is 0 Å². The number of carbonyl (C=O) groups is 2. The average molecular weight is 742 g/mol. The molecule has 1 saturated carbocycles. The number of pyridine rings is 1. The van der Waals surface area contributed by atoms with Gasteiger partial charge in [0.2, 0.25) is 0 Å². The van der Waals surface area contributed by atoms with Gasteiger partial charge in [-0.3, -0.25) is 9.69 Å². The van der Waals surface area contributed by atoms with Crippen molar-refractivity contribution in [2.24, 2.45) is 5.73 Å². The molecule has 3 aromatic rings. The Morgan fingerprint density at radius 1 is 1.06 bits per heavy atom. The molecule has 3 heterocycles. The summed E-state index contributed by atoms with van der Waals surface area (Å²) in [5, 5.41) is 2.98. The predicted molar refractivity (Wildman–Crippen MR) is 204 cm³/mol. The van der Waals surface area contributed by atoms with Gasteiger partial charge in [-0.1, -0.05) is 31.2 Å². The maximum absolute atomic E-state index is 14.9. The Hall–Kier alpha value is -5.56. The number of aromatic nitrogens is 1. The highest BCUT2D eigenvalue weighted by Gasteiger charge is 2.41. The van der Waals surface area contributed by atoms with Crippen molar-refractivity contribution in [3.8, 4) is 16.9 Å². The van der Waals surface area contributed by atoms with Crippen molar-refractivity contribution in [2.75, 3.05) is 38.7 Å². The van der Waals surface area contributed by atoms with E-state index < -0.39 is 23.4 Å². The third kappa shape index (κ3) is 8.79. The first-order chi connectivity index (χ1) is 26.0. The van der Waals surface area contributed by atoms with E-state index in [-0.39, 0.29) is 23.8 Å². The van der Waals surface area contributed by atoms with Crippen LogP contribution in [0.5, 0.6) is 5.75 Å². The summed E-state index contributed by atoms with van der Waals surface area (Å²) in [4.78, 5) is 38.9. The van der Waals surface area contributed by atoms with Gasteiger partial charge in [0.05, 0.1) is 24.2 Å². The Morgan fingerprint density at radius 3 is 2.59 bits per heavy atom. The number of halogens is 3. The van der Waals surface area contributed by atoms with Gasteiger partial charge in [-0.15, -0.1) is 0 Å². The first-order valence-electron chi connectivity index (χ1n) is 18.3. The molecule has 0 atom stereocenters. The second-order valence-corrected chi connectivity index (χ2v) is 13.9. The topological polar surface area (TPSA) is 107 Å². The summed E-state index contributed by atoms with van der Waals surface area (Å²) < 4.78 is 49.0. The number of hydrogen-bond acceptors (Lipinski definition) is 7. The molecule has 0 bridgehead atoms. The summed E-state index contributed by atoms with van der Waals surface area (Å²) in [5.74, 6) is -1.14. The van der Waals surface area contributed by atoms with Crippen LogP contribution >= 0.6 is 0 Å². The van der Waals surface area contributed by atoms with Crippen molar-refractivity contribution >= 4 is 29.1 Å². The molecule has 0 radical (unpaired) electrons. The number of anilines is 2. The Morgan fingerprint density at radius 2 is 1.85 bits per heavy atom. The van der Waals surface area contributed by atoms with E-state index in [1.807, 2.05) is 50.2 Å². The number of benzene rings is 2. The summed E-state index contributed by atoms with van der Waals surface area (Å²) in [5.41, 5.74) is 8.96. The number of fused-ring (bicyclic) bond motifs is 1. The largest absolute Gasteiger partial charge is 0.493 e. The summed E-state index contributed by atoms with van der Waals surface area (Å²) in [7, 11) is 3.95. The van der Waals surface area contributed by atoms with Crippen LogP contribution in [0.3, 0.4) is 0 Å². The fourth-order valence-electron chi connectivity index (χ4n) is 7.06. The van der Waals surface area contributed by atoms with Crippen LogP contribution in [0.15, 0.2) is 96.9 Å². The second kappa shape index (κ2) is 17.1. The summed E-state index contributed by atoms with van der Waals surface area (Å²) in [6.07, 6.45) is 12.3. The summed E-state index contributed by atoms with van der Waals surface area (Å²) in [6, 6.07) is 12.3. The van der Waals surface area contributed by atoms with Crippen molar-refractivity contribution in [1.82, 2.24) is 25.0 Å². The molecule has 0 saturated heterocycles. The third-order valence-electron chi connectivity index (χ3n) is 9.59. The van der Waals surface area contributed by atoms with E-state index in [2.05, 4.69) is 10.3 Å². The Balaban J connectivity index is 1.25. The molecule has 13 heteroatoms. The predicted octanol–water partition coefficient (Wildman–Crippen LogP) is 7.59. The number of amides is 3. The molecule has 284 valence electrons. The lowest BCUT2D eigenvalue weighted by atomic mass is 9.88. The van der Waals surface area contributed by atoms with E-state index in [9.17, 15) is 22.8 Å². The average Bonchev–Trinajstić information content (AvgIpc) is 3.14. The molecule has 1 aromatic heterocycles. The SMILES string of the molecule is CCC=C1c2cc(F)cnc2N(c2cccc(-c3ccc(F)cc3OCCCN(C)C)c2)C(=O)N1C1CCC(NC(=O)/C(N)=C/N2C=C(F)C=CC2)CC1. The third-order valence-corrected chi connectivity index (χ3v) is 9.59. The van der Waals surface area contributed by atoms with Crippen LogP contribution in [0.1, 0.15) is 51.0 Å². The highest BCUT2D eigenvalue weighted by Crippen LogP contribution is 2.44. The quantitative estimate of drug-likeness (QED) is 0.146. The van der Waals surface area contributed by atoms with Crippen LogP contribution < -0.4 is 20.7 Å². The highest BCUT2D eigenvalue weighted by atomic mass is 19.1. The zero-order valence-corrected chi connectivity index (χ0v) is 30.8. The second-order valence-electron chi connectivity index (χ2n) is 13.9. The molecule has 3 amide bonds. The van der Waals surface area contributed by atoms with Gasteiger partial charge in [-0.25, -0.2) is 27.8 Å². The molecule has 2 aliphatic heterocycles. The molecule has 54 heavy (non-hydrogen) atoms. The van der Waals surface area contributed by atoms with Gasteiger partial charge in [0.1, 0.15) is 28.9 Å². The molecule has 0 unspecified atom stereocenters. The molecule has 10 nitrogen and oxygen atoms in total. The van der Waals surface area contributed by atoms with Crippen molar-refractivity contribution < 1.29 is 27.5 Å². The van der Waals surface area contributed by atoms with Crippen LogP contribution in [-0.4, -0.2) is 77.5 Å². The number of nitrogens with two attached hydrogens (primary N) is 1. The summed E-state index contributed by atoms with van der Waals surface area (Å²) >= 11 is 0. The lowest BCUT2D eigenvalue weighted by Crippen LogP contribution is -2.51. The first-order valence-corrected chi connectivity index (χ1v) is 18.3. The normalized spacial score (nSPS) is 19.6. The van der Waals surface area contributed by atoms with Gasteiger partial charge < -0.3 is 25.6 Å². The van der Waals surface area contributed by atoms with E-state index >= 15 is 0 Å². The smallest absolute Gasteiger partial charge is 0.335 e. The van der Waals surface area contributed by atoms with E-state index in [0.29, 0.717) is 84.9 Å². The van der Waals surface area contributed by atoms with E-state index in [4.69, 9.17) is 10.5 Å². The minimum atomic E-state index is -0.531. The minimum absolute atomic E-state index is 0.0384. The number of nitrogens with one attached hydrogen (secondary N) is 1. The molecule has 1 aliphatic carbocycles. The number of urea groups is 1. The van der Waals surface area contributed by atoms with Crippen LogP contribution in [-0.2, 0) is 4.79 Å². The molecular formula is C41H46F3N7O3. The number of ether oxygens (including phenoxy) is 1. The van der Waals surface area contributed by atoms with Gasteiger partial charge in [0.25, 0.3) is 5.91 Å². The van der Waals surface area contributed by atoms with Crippen LogP contribution in [0.4, 0.5) is 29.5 Å². The number of allylic oxidation sites excluding steroid dienone is 3. The van der Waals surface area contributed by atoms with Gasteiger partial charge in [-0.05, 0) is 94.6 Å². The van der Waals surface area contributed by atoms with E-state index in [1.54, 1.807) is 23.1 Å². The maximum Gasteiger partial charge on any atom is 0.335 e. The van der Waals surface area contributed by atoms with Crippen LogP contribution in [0.2, 0.25) is 0 Å². The summed E-state index contributed by atoms with van der Waals surface area (Å²) in [6.45, 7) is 3.56. The lowest BCUT2D eigenvalue weighted by molar-refractivity contribution is -0.118.